The third-order valence-corrected chi connectivity index (χ3v) is 4.00. The van der Waals surface area contributed by atoms with Crippen LogP contribution in [0.5, 0.6) is 0 Å². The van der Waals surface area contributed by atoms with Crippen molar-refractivity contribution in [3.63, 3.8) is 0 Å². The van der Waals surface area contributed by atoms with E-state index in [1.807, 2.05) is 20.8 Å². The van der Waals surface area contributed by atoms with Crippen LogP contribution in [0.25, 0.3) is 0 Å². The average Bonchev–Trinajstić information content (AvgIpc) is 2.48. The van der Waals surface area contributed by atoms with Gasteiger partial charge >= 0.3 is 0 Å². The van der Waals surface area contributed by atoms with Crippen molar-refractivity contribution in [3.8, 4) is 0 Å². The summed E-state index contributed by atoms with van der Waals surface area (Å²) in [6.07, 6.45) is 3.94. The van der Waals surface area contributed by atoms with Gasteiger partial charge in [0.25, 0.3) is 0 Å². The van der Waals surface area contributed by atoms with Gasteiger partial charge in [-0.3, -0.25) is 4.79 Å². The molecule has 1 aromatic rings. The number of hydrogen-bond acceptors (Lipinski definition) is 2. The van der Waals surface area contributed by atoms with E-state index in [0.29, 0.717) is 0 Å². The van der Waals surface area contributed by atoms with Crippen LogP contribution in [0.3, 0.4) is 0 Å². The largest absolute Gasteiger partial charge is 0.372 e. The number of benzene rings is 1. The minimum atomic E-state index is 0.0325. The van der Waals surface area contributed by atoms with E-state index >= 15 is 0 Å². The lowest BCUT2D eigenvalue weighted by Gasteiger charge is -2.29. The summed E-state index contributed by atoms with van der Waals surface area (Å²) in [6.45, 7) is 8.21. The van der Waals surface area contributed by atoms with E-state index < -0.39 is 0 Å². The first kappa shape index (κ1) is 14.9. The zero-order valence-electron chi connectivity index (χ0n) is 12.9. The Morgan fingerprint density at radius 3 is 2.20 bits per heavy atom. The fraction of sp³-hybridized carbons (Fsp3) is 0.588. The lowest BCUT2D eigenvalue weighted by Crippen LogP contribution is -2.30. The number of rotatable bonds is 4. The molecule has 0 saturated carbocycles. The van der Waals surface area contributed by atoms with E-state index in [2.05, 4.69) is 34.5 Å². The number of nitrogens with zero attached hydrogens (tertiary/aromatic N) is 1. The summed E-state index contributed by atoms with van der Waals surface area (Å²) in [5.41, 5.74) is 2.47. The lowest BCUT2D eigenvalue weighted by atomic mass is 10.1. The van der Waals surface area contributed by atoms with Gasteiger partial charge in [0.15, 0.2) is 0 Å². The summed E-state index contributed by atoms with van der Waals surface area (Å²) in [5, 5.41) is 3.04. The molecular formula is C17H26N2O. The number of anilines is 1. The Bertz CT molecular complexity index is 433. The molecule has 1 atom stereocenters. The van der Waals surface area contributed by atoms with Crippen LogP contribution in [-0.2, 0) is 4.79 Å². The van der Waals surface area contributed by atoms with Gasteiger partial charge in [-0.25, -0.2) is 0 Å². The van der Waals surface area contributed by atoms with Crippen LogP contribution in [0.2, 0.25) is 0 Å². The molecule has 110 valence electrons. The van der Waals surface area contributed by atoms with E-state index in [0.717, 1.165) is 0 Å². The van der Waals surface area contributed by atoms with Gasteiger partial charge in [0.2, 0.25) is 5.91 Å². The van der Waals surface area contributed by atoms with Crippen LogP contribution in [0, 0.1) is 5.92 Å². The van der Waals surface area contributed by atoms with Gasteiger partial charge in [-0.15, -0.1) is 0 Å². The molecule has 0 spiro atoms. The third-order valence-electron chi connectivity index (χ3n) is 4.00. The minimum Gasteiger partial charge on any atom is -0.372 e. The highest BCUT2D eigenvalue weighted by Gasteiger charge is 2.14. The molecule has 1 aliphatic heterocycles. The highest BCUT2D eigenvalue weighted by Crippen LogP contribution is 2.22. The van der Waals surface area contributed by atoms with Crippen LogP contribution in [0.15, 0.2) is 24.3 Å². The second-order valence-electron chi connectivity index (χ2n) is 6.02. The summed E-state index contributed by atoms with van der Waals surface area (Å²) < 4.78 is 0. The molecule has 3 nitrogen and oxygen atoms in total. The van der Waals surface area contributed by atoms with E-state index in [4.69, 9.17) is 0 Å². The molecule has 1 heterocycles. The molecule has 0 aliphatic carbocycles. The van der Waals surface area contributed by atoms with E-state index in [1.54, 1.807) is 0 Å². The molecule has 1 saturated heterocycles. The highest BCUT2D eigenvalue weighted by molar-refractivity contribution is 5.78. The van der Waals surface area contributed by atoms with Crippen LogP contribution < -0.4 is 10.2 Å². The van der Waals surface area contributed by atoms with E-state index in [9.17, 15) is 4.79 Å². The molecule has 1 aromatic carbocycles. The normalized spacial score (nSPS) is 17.1. The molecule has 2 rings (SSSR count). The van der Waals surface area contributed by atoms with Crippen molar-refractivity contribution >= 4 is 11.6 Å². The van der Waals surface area contributed by atoms with Crippen molar-refractivity contribution < 1.29 is 4.79 Å². The molecule has 1 N–H and O–H groups in total. The average molecular weight is 274 g/mol. The van der Waals surface area contributed by atoms with Gasteiger partial charge in [-0.05, 0) is 43.9 Å². The number of carbonyl (C=O) groups excluding carboxylic acids is 1. The second kappa shape index (κ2) is 6.78. The number of nitrogens with one attached hydrogen (secondary N) is 1. The molecule has 0 bridgehead atoms. The topological polar surface area (TPSA) is 32.3 Å². The summed E-state index contributed by atoms with van der Waals surface area (Å²) in [7, 11) is 0. The van der Waals surface area contributed by atoms with Gasteiger partial charge in [0, 0.05) is 24.7 Å². The Morgan fingerprint density at radius 1 is 1.05 bits per heavy atom. The first-order valence-electron chi connectivity index (χ1n) is 7.73. The maximum Gasteiger partial charge on any atom is 0.223 e. The highest BCUT2D eigenvalue weighted by atomic mass is 16.1. The Kier molecular flexibility index (Phi) is 5.05. The Balaban J connectivity index is 1.98. The Labute approximate surface area is 122 Å². The molecule has 1 fully saturated rings. The zero-order chi connectivity index (χ0) is 14.5. The summed E-state index contributed by atoms with van der Waals surface area (Å²) in [6, 6.07) is 8.70. The number of hydrogen-bond donors (Lipinski definition) is 1. The number of amides is 1. The smallest absolute Gasteiger partial charge is 0.223 e. The number of piperidine rings is 1. The van der Waals surface area contributed by atoms with E-state index in [1.165, 1.54) is 43.6 Å². The molecule has 0 radical (unpaired) electrons. The van der Waals surface area contributed by atoms with Crippen molar-refractivity contribution in [1.82, 2.24) is 5.32 Å². The zero-order valence-corrected chi connectivity index (χ0v) is 12.9. The third kappa shape index (κ3) is 3.75. The predicted molar refractivity (Wildman–Crippen MR) is 83.9 cm³/mol. The Hall–Kier alpha value is -1.51. The summed E-state index contributed by atoms with van der Waals surface area (Å²) >= 11 is 0. The van der Waals surface area contributed by atoms with Gasteiger partial charge in [0.1, 0.15) is 0 Å². The van der Waals surface area contributed by atoms with Crippen molar-refractivity contribution in [1.29, 1.82) is 0 Å². The minimum absolute atomic E-state index is 0.0325. The summed E-state index contributed by atoms with van der Waals surface area (Å²) in [5.74, 6) is 0.141. The quantitative estimate of drug-likeness (QED) is 0.911. The molecule has 3 heteroatoms. The van der Waals surface area contributed by atoms with E-state index in [-0.39, 0.29) is 17.9 Å². The second-order valence-corrected chi connectivity index (χ2v) is 6.02. The number of carbonyl (C=O) groups is 1. The predicted octanol–water partition coefficient (Wildman–Crippen LogP) is 3.51. The van der Waals surface area contributed by atoms with Gasteiger partial charge in [-0.2, -0.15) is 0 Å². The van der Waals surface area contributed by atoms with Crippen molar-refractivity contribution in [2.45, 2.75) is 46.1 Å². The fourth-order valence-electron chi connectivity index (χ4n) is 2.59. The standard InChI is InChI=1S/C17H26N2O/c1-13(2)17(20)18-14(3)15-7-9-16(10-8-15)19-11-5-4-6-12-19/h7-10,13-14H,4-6,11-12H2,1-3H3,(H,18,20)/t14-/m0/s1. The van der Waals surface area contributed by atoms with Crippen LogP contribution >= 0.6 is 0 Å². The molecule has 1 aliphatic rings. The Morgan fingerprint density at radius 2 is 1.65 bits per heavy atom. The van der Waals surface area contributed by atoms with Gasteiger partial charge < -0.3 is 10.2 Å². The van der Waals surface area contributed by atoms with Gasteiger partial charge in [0.05, 0.1) is 6.04 Å². The van der Waals surface area contributed by atoms with Crippen molar-refractivity contribution in [2.75, 3.05) is 18.0 Å². The van der Waals surface area contributed by atoms with Crippen molar-refractivity contribution in [2.24, 2.45) is 5.92 Å². The summed E-state index contributed by atoms with van der Waals surface area (Å²) in [4.78, 5) is 14.2. The van der Waals surface area contributed by atoms with Crippen molar-refractivity contribution in [3.05, 3.63) is 29.8 Å². The molecule has 1 amide bonds. The van der Waals surface area contributed by atoms with Crippen LogP contribution in [0.4, 0.5) is 5.69 Å². The molecule has 0 unspecified atom stereocenters. The monoisotopic (exact) mass is 274 g/mol. The maximum absolute atomic E-state index is 11.7. The van der Waals surface area contributed by atoms with Crippen LogP contribution in [-0.4, -0.2) is 19.0 Å². The fourth-order valence-corrected chi connectivity index (χ4v) is 2.59. The van der Waals surface area contributed by atoms with Crippen LogP contribution in [0.1, 0.15) is 51.6 Å². The lowest BCUT2D eigenvalue weighted by molar-refractivity contribution is -0.124. The SMILES string of the molecule is CC(C)C(=O)N[C@@H](C)c1ccc(N2CCCCC2)cc1. The van der Waals surface area contributed by atoms with Gasteiger partial charge in [-0.1, -0.05) is 26.0 Å². The maximum atomic E-state index is 11.7. The molecular weight excluding hydrogens is 248 g/mol. The first-order chi connectivity index (χ1) is 9.58. The molecule has 20 heavy (non-hydrogen) atoms. The first-order valence-corrected chi connectivity index (χ1v) is 7.73. The molecule has 0 aromatic heterocycles.